The van der Waals surface area contributed by atoms with E-state index in [0.717, 1.165) is 15.9 Å². The molecule has 0 saturated carbocycles. The van der Waals surface area contributed by atoms with Crippen molar-refractivity contribution in [2.45, 2.75) is 41.5 Å². The summed E-state index contributed by atoms with van der Waals surface area (Å²) in [6.45, 7) is 12.9. The summed E-state index contributed by atoms with van der Waals surface area (Å²) in [5, 5.41) is 6.99. The van der Waals surface area contributed by atoms with Crippen LogP contribution in [-0.2, 0) is 4.57 Å². The average molecular weight is 470 g/mol. The summed E-state index contributed by atoms with van der Waals surface area (Å²) in [4.78, 5) is 0. The number of aryl methyl sites for hydroxylation is 6. The van der Waals surface area contributed by atoms with Crippen molar-refractivity contribution >= 4 is 60.4 Å². The van der Waals surface area contributed by atoms with Gasteiger partial charge in [0.15, 0.2) is 28.6 Å². The van der Waals surface area contributed by atoms with Gasteiger partial charge in [-0.25, -0.2) is 0 Å². The van der Waals surface area contributed by atoms with Crippen LogP contribution >= 0.6 is 28.6 Å². The lowest BCUT2D eigenvalue weighted by atomic mass is 10.1. The van der Waals surface area contributed by atoms with Crippen LogP contribution in [-0.4, -0.2) is 0 Å². The van der Waals surface area contributed by atoms with Gasteiger partial charge in [-0.05, 0) is 111 Å². The second-order valence-electron chi connectivity index (χ2n) is 8.47. The van der Waals surface area contributed by atoms with E-state index in [1.165, 1.54) is 49.3 Å². The SMILES string of the molecule is Cc1cc2c(cc1C)[P+]1(Br)c3cc(C)c(C)cc3P2(=O)c2cc(C)c(C)cc21. The Balaban J connectivity index is 2.05. The van der Waals surface area contributed by atoms with Crippen LogP contribution in [0.25, 0.3) is 0 Å². The maximum Gasteiger partial charge on any atom is 0.183 e. The summed E-state index contributed by atoms with van der Waals surface area (Å²) in [6.07, 6.45) is 0. The standard InChI is InChI=1S/C24H24BrOP2/c1-13-7-19-22(10-16(13)4)28(26)23-11-17(5)14(2)8-20(23)27(19,25)21-9-15(3)18(6)12-24(21)28/h7-12H,1-6H3/q+1. The summed E-state index contributed by atoms with van der Waals surface area (Å²) >= 11 is 4.32. The molecule has 0 amide bonds. The zero-order valence-corrected chi connectivity index (χ0v) is 20.5. The first-order valence-electron chi connectivity index (χ1n) is 9.66. The third-order valence-electron chi connectivity index (χ3n) is 6.79. The van der Waals surface area contributed by atoms with Gasteiger partial charge in [0.2, 0.25) is 0 Å². The van der Waals surface area contributed by atoms with Crippen LogP contribution in [0.3, 0.4) is 0 Å². The highest BCUT2D eigenvalue weighted by molar-refractivity contribution is 9.44. The first kappa shape index (κ1) is 18.8. The second kappa shape index (κ2) is 5.69. The summed E-state index contributed by atoms with van der Waals surface area (Å²) in [7, 11) is -2.88. The first-order chi connectivity index (χ1) is 13.1. The van der Waals surface area contributed by atoms with Gasteiger partial charge in [-0.2, -0.15) is 0 Å². The van der Waals surface area contributed by atoms with Crippen molar-refractivity contribution < 1.29 is 4.57 Å². The first-order valence-corrected chi connectivity index (χ1v) is 15.2. The van der Waals surface area contributed by atoms with E-state index in [4.69, 9.17) is 0 Å². The predicted molar refractivity (Wildman–Crippen MR) is 129 cm³/mol. The van der Waals surface area contributed by atoms with Crippen molar-refractivity contribution in [2.75, 3.05) is 0 Å². The van der Waals surface area contributed by atoms with Gasteiger partial charge in [0.25, 0.3) is 0 Å². The van der Waals surface area contributed by atoms with E-state index in [9.17, 15) is 0 Å². The molecule has 0 aliphatic carbocycles. The lowest BCUT2D eigenvalue weighted by molar-refractivity contribution is 0.592. The van der Waals surface area contributed by atoms with E-state index in [-0.39, 0.29) is 0 Å². The fraction of sp³-hybridized carbons (Fsp3) is 0.250. The molecule has 0 radical (unpaired) electrons. The van der Waals surface area contributed by atoms with E-state index < -0.39 is 13.1 Å². The Morgan fingerprint density at radius 3 is 1.11 bits per heavy atom. The van der Waals surface area contributed by atoms with Crippen molar-refractivity contribution in [1.29, 1.82) is 0 Å². The van der Waals surface area contributed by atoms with Crippen LogP contribution in [0.2, 0.25) is 0 Å². The minimum atomic E-state index is -2.88. The fourth-order valence-corrected chi connectivity index (χ4v) is 17.2. The van der Waals surface area contributed by atoms with Crippen molar-refractivity contribution in [3.63, 3.8) is 0 Å². The lowest BCUT2D eigenvalue weighted by Crippen LogP contribution is -2.59. The number of rotatable bonds is 0. The van der Waals surface area contributed by atoms with Crippen LogP contribution < -0.4 is 31.8 Å². The van der Waals surface area contributed by atoms with E-state index in [2.05, 4.69) is 93.4 Å². The van der Waals surface area contributed by atoms with Crippen molar-refractivity contribution in [3.05, 3.63) is 69.8 Å². The Labute approximate surface area is 176 Å². The molecule has 0 aromatic heterocycles. The Hall–Kier alpha value is -1.20. The molecule has 3 aliphatic heterocycles. The van der Waals surface area contributed by atoms with Crippen LogP contribution in [0.5, 0.6) is 0 Å². The maximum absolute atomic E-state index is 15.0. The van der Waals surface area contributed by atoms with Gasteiger partial charge in [0, 0.05) is 0 Å². The molecule has 28 heavy (non-hydrogen) atoms. The van der Waals surface area contributed by atoms with Crippen LogP contribution in [0.15, 0.2) is 36.4 Å². The third-order valence-corrected chi connectivity index (χ3v) is 17.0. The zero-order valence-electron chi connectivity index (χ0n) is 17.1. The number of hydrogen-bond acceptors (Lipinski definition) is 1. The minimum absolute atomic E-state index is 1.06. The molecule has 0 atom stereocenters. The molecule has 3 heterocycles. The Bertz CT molecular complexity index is 1120. The zero-order chi connectivity index (χ0) is 20.2. The summed E-state index contributed by atoms with van der Waals surface area (Å²) < 4.78 is 15.0. The largest absolute Gasteiger partial charge is 0.308 e. The highest BCUT2D eigenvalue weighted by atomic mass is 79.9. The number of benzene rings is 3. The van der Waals surface area contributed by atoms with Gasteiger partial charge < -0.3 is 4.57 Å². The second-order valence-corrected chi connectivity index (χ2v) is 17.0. The predicted octanol–water partition coefficient (Wildman–Crippen LogP) is 4.41. The maximum atomic E-state index is 15.0. The summed E-state index contributed by atoms with van der Waals surface area (Å²) in [5.74, 6) is -1.99. The smallest absolute Gasteiger partial charge is 0.183 e. The molecular formula is C24H24BrOP2+. The Kier molecular flexibility index (Phi) is 3.82. The van der Waals surface area contributed by atoms with E-state index in [0.29, 0.717) is 0 Å². The highest BCUT2D eigenvalue weighted by Crippen LogP contribution is 2.71. The van der Waals surface area contributed by atoms with Gasteiger partial charge in [-0.15, -0.1) is 0 Å². The molecular weight excluding hydrogens is 446 g/mol. The monoisotopic (exact) mass is 469 g/mol. The molecule has 3 aromatic rings. The van der Waals surface area contributed by atoms with E-state index in [1.807, 2.05) is 0 Å². The van der Waals surface area contributed by atoms with Gasteiger partial charge >= 0.3 is 0 Å². The molecule has 142 valence electrons. The Morgan fingerprint density at radius 1 is 0.571 bits per heavy atom. The molecule has 2 bridgehead atoms. The lowest BCUT2D eigenvalue weighted by Gasteiger charge is -2.41. The van der Waals surface area contributed by atoms with Crippen LogP contribution in [0.1, 0.15) is 33.4 Å². The number of halogens is 1. The van der Waals surface area contributed by atoms with E-state index in [1.54, 1.807) is 0 Å². The third kappa shape index (κ3) is 2.05. The van der Waals surface area contributed by atoms with Crippen molar-refractivity contribution in [1.82, 2.24) is 0 Å². The van der Waals surface area contributed by atoms with E-state index >= 15 is 4.57 Å². The molecule has 3 aromatic carbocycles. The normalized spacial score (nSPS) is 24.0. The Morgan fingerprint density at radius 2 is 0.821 bits per heavy atom. The van der Waals surface area contributed by atoms with Gasteiger partial charge in [0.1, 0.15) is 15.9 Å². The van der Waals surface area contributed by atoms with Crippen LogP contribution in [0.4, 0.5) is 0 Å². The molecule has 6 rings (SSSR count). The molecule has 4 heteroatoms. The van der Waals surface area contributed by atoms with Crippen molar-refractivity contribution in [2.24, 2.45) is 0 Å². The van der Waals surface area contributed by atoms with Gasteiger partial charge in [0.05, 0.1) is 15.9 Å². The molecule has 0 fully saturated rings. The molecule has 0 spiro atoms. The molecule has 0 N–H and O–H groups in total. The quantitative estimate of drug-likeness (QED) is 0.445. The summed E-state index contributed by atoms with van der Waals surface area (Å²) in [5.41, 5.74) is 7.48. The van der Waals surface area contributed by atoms with Gasteiger partial charge in [-0.1, -0.05) is 0 Å². The highest BCUT2D eigenvalue weighted by Gasteiger charge is 2.63. The fourth-order valence-electron chi connectivity index (χ4n) is 4.63. The summed E-state index contributed by atoms with van der Waals surface area (Å²) in [6, 6.07) is 13.5. The minimum Gasteiger partial charge on any atom is -0.308 e. The van der Waals surface area contributed by atoms with Crippen LogP contribution in [0, 0.1) is 41.5 Å². The molecule has 0 unspecified atom stereocenters. The molecule has 3 aliphatic rings. The molecule has 1 nitrogen and oxygen atoms in total. The van der Waals surface area contributed by atoms with Gasteiger partial charge in [-0.3, -0.25) is 0 Å². The topological polar surface area (TPSA) is 17.1 Å². The average Bonchev–Trinajstić information content (AvgIpc) is 2.64. The van der Waals surface area contributed by atoms with Crippen molar-refractivity contribution in [3.8, 4) is 0 Å². The molecule has 0 saturated heterocycles. The number of hydrogen-bond donors (Lipinski definition) is 0.